The van der Waals surface area contributed by atoms with Crippen LogP contribution in [0, 0.1) is 6.92 Å². The SMILES string of the molecule is COc1ccc(NC(=O)c2sc3nc4n(c(=O)c3c2C)CCCCC4)cn1. The van der Waals surface area contributed by atoms with Gasteiger partial charge in [-0.2, -0.15) is 0 Å². The molecule has 8 heteroatoms. The minimum atomic E-state index is -0.262. The molecular weight excluding hydrogens is 364 g/mol. The van der Waals surface area contributed by atoms with Gasteiger partial charge in [0.15, 0.2) is 0 Å². The lowest BCUT2D eigenvalue weighted by Crippen LogP contribution is -2.24. The summed E-state index contributed by atoms with van der Waals surface area (Å²) in [4.78, 5) is 35.7. The van der Waals surface area contributed by atoms with Gasteiger partial charge in [0, 0.05) is 19.0 Å². The Balaban J connectivity index is 1.71. The number of hydrogen-bond acceptors (Lipinski definition) is 6. The van der Waals surface area contributed by atoms with Crippen LogP contribution in [-0.4, -0.2) is 27.6 Å². The molecule has 4 rings (SSSR count). The fourth-order valence-electron chi connectivity index (χ4n) is 3.39. The van der Waals surface area contributed by atoms with Crippen LogP contribution >= 0.6 is 11.3 Å². The topological polar surface area (TPSA) is 86.1 Å². The van der Waals surface area contributed by atoms with Crippen molar-refractivity contribution >= 4 is 33.1 Å². The Morgan fingerprint density at radius 1 is 1.30 bits per heavy atom. The molecule has 0 aliphatic carbocycles. The third-order valence-electron chi connectivity index (χ3n) is 4.82. The number of hydrogen-bond donors (Lipinski definition) is 1. The molecular formula is C19H20N4O3S. The first kappa shape index (κ1) is 17.7. The quantitative estimate of drug-likeness (QED) is 0.750. The highest BCUT2D eigenvalue weighted by molar-refractivity contribution is 7.20. The summed E-state index contributed by atoms with van der Waals surface area (Å²) in [6, 6.07) is 3.40. The number of nitrogens with one attached hydrogen (secondary N) is 1. The highest BCUT2D eigenvalue weighted by Gasteiger charge is 2.22. The summed E-state index contributed by atoms with van der Waals surface area (Å²) in [6.07, 6.45) is 5.48. The van der Waals surface area contributed by atoms with Crippen LogP contribution in [0.3, 0.4) is 0 Å². The molecule has 0 fully saturated rings. The number of pyridine rings is 1. The van der Waals surface area contributed by atoms with Gasteiger partial charge in [-0.1, -0.05) is 6.42 Å². The van der Waals surface area contributed by atoms with E-state index in [1.807, 2.05) is 6.92 Å². The van der Waals surface area contributed by atoms with Crippen molar-refractivity contribution in [1.82, 2.24) is 14.5 Å². The molecule has 3 aromatic rings. The Kier molecular flexibility index (Phi) is 4.65. The molecule has 3 aromatic heterocycles. The van der Waals surface area contributed by atoms with Crippen molar-refractivity contribution in [1.29, 1.82) is 0 Å². The lowest BCUT2D eigenvalue weighted by Gasteiger charge is -2.08. The number of amides is 1. The van der Waals surface area contributed by atoms with E-state index in [1.54, 1.807) is 16.7 Å². The molecule has 0 bridgehead atoms. The van der Waals surface area contributed by atoms with Gasteiger partial charge >= 0.3 is 0 Å². The van der Waals surface area contributed by atoms with Crippen LogP contribution in [0.1, 0.15) is 40.3 Å². The van der Waals surface area contributed by atoms with Gasteiger partial charge in [-0.15, -0.1) is 11.3 Å². The van der Waals surface area contributed by atoms with Gasteiger partial charge in [0.05, 0.1) is 29.3 Å². The average molecular weight is 384 g/mol. The molecule has 0 aromatic carbocycles. The third kappa shape index (κ3) is 3.21. The van der Waals surface area contributed by atoms with E-state index in [0.29, 0.717) is 38.8 Å². The van der Waals surface area contributed by atoms with E-state index in [0.717, 1.165) is 31.5 Å². The van der Waals surface area contributed by atoms with E-state index in [4.69, 9.17) is 9.72 Å². The van der Waals surface area contributed by atoms with E-state index in [-0.39, 0.29) is 11.5 Å². The fourth-order valence-corrected chi connectivity index (χ4v) is 4.48. The minimum absolute atomic E-state index is 0.0317. The molecule has 4 heterocycles. The van der Waals surface area contributed by atoms with Gasteiger partial charge in [0.1, 0.15) is 10.7 Å². The zero-order valence-corrected chi connectivity index (χ0v) is 16.1. The van der Waals surface area contributed by atoms with Crippen LogP contribution in [0.15, 0.2) is 23.1 Å². The van der Waals surface area contributed by atoms with Gasteiger partial charge in [0.2, 0.25) is 5.88 Å². The number of nitrogens with zero attached hydrogens (tertiary/aromatic N) is 3. The summed E-state index contributed by atoms with van der Waals surface area (Å²) in [5, 5.41) is 3.39. The maximum absolute atomic E-state index is 13.0. The lowest BCUT2D eigenvalue weighted by atomic mass is 10.2. The molecule has 27 heavy (non-hydrogen) atoms. The van der Waals surface area contributed by atoms with Crippen molar-refractivity contribution in [2.75, 3.05) is 12.4 Å². The maximum Gasteiger partial charge on any atom is 0.266 e. The lowest BCUT2D eigenvalue weighted by molar-refractivity contribution is 0.103. The summed E-state index contributed by atoms with van der Waals surface area (Å²) >= 11 is 1.27. The number of ether oxygens (including phenoxy) is 1. The second-order valence-corrected chi connectivity index (χ2v) is 7.57. The van der Waals surface area contributed by atoms with E-state index in [1.165, 1.54) is 24.6 Å². The summed E-state index contributed by atoms with van der Waals surface area (Å²) in [7, 11) is 1.54. The second kappa shape index (κ2) is 7.11. The van der Waals surface area contributed by atoms with Crippen LogP contribution in [0.25, 0.3) is 10.2 Å². The molecule has 1 aliphatic rings. The van der Waals surface area contributed by atoms with Gasteiger partial charge < -0.3 is 10.1 Å². The summed E-state index contributed by atoms with van der Waals surface area (Å²) in [6.45, 7) is 2.51. The predicted octanol–water partition coefficient (Wildman–Crippen LogP) is 3.15. The Morgan fingerprint density at radius 3 is 2.89 bits per heavy atom. The molecule has 0 saturated heterocycles. The Morgan fingerprint density at radius 2 is 2.15 bits per heavy atom. The number of anilines is 1. The van der Waals surface area contributed by atoms with Gasteiger partial charge in [-0.3, -0.25) is 14.2 Å². The molecule has 7 nitrogen and oxygen atoms in total. The van der Waals surface area contributed by atoms with Crippen molar-refractivity contribution in [3.8, 4) is 5.88 Å². The number of carbonyl (C=O) groups is 1. The number of fused-ring (bicyclic) bond motifs is 2. The van der Waals surface area contributed by atoms with Crippen LogP contribution in [0.4, 0.5) is 5.69 Å². The van der Waals surface area contributed by atoms with Crippen LogP contribution in [-0.2, 0) is 13.0 Å². The molecule has 0 unspecified atom stereocenters. The zero-order valence-electron chi connectivity index (χ0n) is 15.2. The summed E-state index contributed by atoms with van der Waals surface area (Å²) < 4.78 is 6.80. The first-order chi connectivity index (χ1) is 13.1. The minimum Gasteiger partial charge on any atom is -0.481 e. The normalized spacial score (nSPS) is 13.9. The predicted molar refractivity (Wildman–Crippen MR) is 105 cm³/mol. The number of aryl methyl sites for hydroxylation is 2. The van der Waals surface area contributed by atoms with Gasteiger partial charge in [-0.25, -0.2) is 9.97 Å². The van der Waals surface area contributed by atoms with Gasteiger partial charge in [0.25, 0.3) is 11.5 Å². The van der Waals surface area contributed by atoms with Crippen molar-refractivity contribution in [2.24, 2.45) is 0 Å². The molecule has 1 aliphatic heterocycles. The van der Waals surface area contributed by atoms with Crippen molar-refractivity contribution < 1.29 is 9.53 Å². The van der Waals surface area contributed by atoms with Gasteiger partial charge in [-0.05, 0) is 31.4 Å². The van der Waals surface area contributed by atoms with E-state index < -0.39 is 0 Å². The molecule has 1 N–H and O–H groups in total. The largest absolute Gasteiger partial charge is 0.481 e. The smallest absolute Gasteiger partial charge is 0.266 e. The molecule has 1 amide bonds. The van der Waals surface area contributed by atoms with Crippen molar-refractivity contribution in [3.63, 3.8) is 0 Å². The molecule has 0 saturated carbocycles. The van der Waals surface area contributed by atoms with E-state index >= 15 is 0 Å². The zero-order chi connectivity index (χ0) is 19.0. The van der Waals surface area contributed by atoms with Crippen LogP contribution in [0.2, 0.25) is 0 Å². The number of aromatic nitrogens is 3. The second-order valence-electron chi connectivity index (χ2n) is 6.58. The number of carbonyl (C=O) groups excluding carboxylic acids is 1. The van der Waals surface area contributed by atoms with E-state index in [2.05, 4.69) is 10.3 Å². The van der Waals surface area contributed by atoms with Crippen molar-refractivity contribution in [2.45, 2.75) is 39.2 Å². The van der Waals surface area contributed by atoms with Crippen molar-refractivity contribution in [3.05, 3.63) is 44.9 Å². The molecule has 0 radical (unpaired) electrons. The standard InChI is InChI=1S/C19H20N4O3S/c1-11-15-18(22-13-6-4-3-5-9-23(13)19(15)25)27-16(11)17(24)21-12-7-8-14(26-2)20-10-12/h7-8,10H,3-6,9H2,1-2H3,(H,21,24). The van der Waals surface area contributed by atoms with E-state index in [9.17, 15) is 9.59 Å². The molecule has 0 atom stereocenters. The third-order valence-corrected chi connectivity index (χ3v) is 6.01. The summed E-state index contributed by atoms with van der Waals surface area (Å²) in [5.41, 5.74) is 1.22. The highest BCUT2D eigenvalue weighted by Crippen LogP contribution is 2.29. The number of rotatable bonds is 3. The Bertz CT molecular complexity index is 1070. The van der Waals surface area contributed by atoms with Crippen LogP contribution in [0.5, 0.6) is 5.88 Å². The Hall–Kier alpha value is -2.74. The first-order valence-corrected chi connectivity index (χ1v) is 9.74. The summed E-state index contributed by atoms with van der Waals surface area (Å²) in [5.74, 6) is 1.05. The Labute approximate surface area is 160 Å². The monoisotopic (exact) mass is 384 g/mol. The number of methoxy groups -OCH3 is 1. The highest BCUT2D eigenvalue weighted by atomic mass is 32.1. The number of thiophene rings is 1. The fraction of sp³-hybridized carbons (Fsp3) is 0.368. The first-order valence-electron chi connectivity index (χ1n) is 8.92. The maximum atomic E-state index is 13.0. The molecule has 140 valence electrons. The van der Waals surface area contributed by atoms with Crippen LogP contribution < -0.4 is 15.6 Å². The molecule has 0 spiro atoms. The average Bonchev–Trinajstić information content (AvgIpc) is 2.84.